The van der Waals surface area contributed by atoms with Crippen molar-refractivity contribution in [2.75, 3.05) is 18.9 Å². The lowest BCUT2D eigenvalue weighted by Gasteiger charge is -2.17. The van der Waals surface area contributed by atoms with Gasteiger partial charge < -0.3 is 5.32 Å². The molecule has 0 aliphatic heterocycles. The molecule has 0 atom stereocenters. The van der Waals surface area contributed by atoms with Crippen LogP contribution in [0.1, 0.15) is 11.1 Å². The Labute approximate surface area is 157 Å². The number of nitro benzene ring substituents is 1. The van der Waals surface area contributed by atoms with Crippen LogP contribution in [0.4, 0.5) is 11.4 Å². The molecular formula is C21H21N3O3. The molecule has 0 aliphatic rings. The number of nitrogens with one attached hydrogen (secondary N) is 1. The van der Waals surface area contributed by atoms with Crippen LogP contribution in [0.25, 0.3) is 10.8 Å². The molecule has 1 amide bonds. The number of hydrogen-bond donors (Lipinski definition) is 1. The topological polar surface area (TPSA) is 75.5 Å². The largest absolute Gasteiger partial charge is 0.324 e. The first kappa shape index (κ1) is 18.5. The molecule has 3 aromatic rings. The lowest BCUT2D eigenvalue weighted by atomic mass is 10.1. The van der Waals surface area contributed by atoms with Crippen LogP contribution in [0, 0.1) is 17.0 Å². The van der Waals surface area contributed by atoms with E-state index < -0.39 is 4.92 Å². The van der Waals surface area contributed by atoms with Crippen molar-refractivity contribution in [3.8, 4) is 0 Å². The number of carbonyl (C=O) groups excluding carboxylic acids is 1. The molecule has 0 heterocycles. The number of anilines is 1. The summed E-state index contributed by atoms with van der Waals surface area (Å²) in [4.78, 5) is 24.8. The number of carbonyl (C=O) groups is 1. The quantitative estimate of drug-likeness (QED) is 0.528. The minimum Gasteiger partial charge on any atom is -0.324 e. The van der Waals surface area contributed by atoms with Crippen LogP contribution < -0.4 is 5.32 Å². The second-order valence-electron chi connectivity index (χ2n) is 6.61. The fourth-order valence-corrected chi connectivity index (χ4v) is 3.10. The van der Waals surface area contributed by atoms with Crippen molar-refractivity contribution in [2.24, 2.45) is 0 Å². The summed E-state index contributed by atoms with van der Waals surface area (Å²) in [6, 6.07) is 19.1. The number of benzene rings is 3. The maximum Gasteiger partial charge on any atom is 0.274 e. The van der Waals surface area contributed by atoms with Crippen molar-refractivity contribution < 1.29 is 9.72 Å². The third-order valence-corrected chi connectivity index (χ3v) is 4.46. The maximum absolute atomic E-state index is 12.3. The van der Waals surface area contributed by atoms with Crippen LogP contribution >= 0.6 is 0 Å². The molecule has 3 aromatic carbocycles. The molecule has 0 fully saturated rings. The highest BCUT2D eigenvalue weighted by molar-refractivity contribution is 5.93. The Hall–Kier alpha value is -3.25. The summed E-state index contributed by atoms with van der Waals surface area (Å²) < 4.78 is 0. The lowest BCUT2D eigenvalue weighted by Crippen LogP contribution is -2.30. The van der Waals surface area contributed by atoms with Gasteiger partial charge in [0.25, 0.3) is 5.69 Å². The molecule has 0 radical (unpaired) electrons. The Morgan fingerprint density at radius 3 is 2.56 bits per heavy atom. The van der Waals surface area contributed by atoms with Crippen molar-refractivity contribution >= 4 is 28.1 Å². The van der Waals surface area contributed by atoms with Gasteiger partial charge in [-0.25, -0.2) is 0 Å². The Morgan fingerprint density at radius 2 is 1.81 bits per heavy atom. The normalized spacial score (nSPS) is 10.9. The van der Waals surface area contributed by atoms with Gasteiger partial charge in [-0.05, 0) is 42.4 Å². The molecule has 138 valence electrons. The van der Waals surface area contributed by atoms with Gasteiger partial charge in [0, 0.05) is 12.6 Å². The minimum absolute atomic E-state index is 0.00248. The zero-order chi connectivity index (χ0) is 19.4. The van der Waals surface area contributed by atoms with E-state index in [1.165, 1.54) is 16.8 Å². The Bertz CT molecular complexity index is 1000. The molecule has 0 aliphatic carbocycles. The molecule has 6 heteroatoms. The van der Waals surface area contributed by atoms with Gasteiger partial charge in [-0.2, -0.15) is 0 Å². The van der Waals surface area contributed by atoms with E-state index in [1.54, 1.807) is 19.1 Å². The molecule has 0 bridgehead atoms. The van der Waals surface area contributed by atoms with E-state index in [1.807, 2.05) is 24.1 Å². The van der Waals surface area contributed by atoms with E-state index >= 15 is 0 Å². The van der Waals surface area contributed by atoms with Crippen molar-refractivity contribution in [3.63, 3.8) is 0 Å². The SMILES string of the molecule is Cc1c(NC(=O)CN(C)Cc2ccc3ccccc3c2)cccc1[N+](=O)[O-]. The minimum atomic E-state index is -0.448. The van der Waals surface area contributed by atoms with Crippen molar-refractivity contribution in [1.29, 1.82) is 0 Å². The highest BCUT2D eigenvalue weighted by Gasteiger charge is 2.15. The second-order valence-corrected chi connectivity index (χ2v) is 6.61. The fourth-order valence-electron chi connectivity index (χ4n) is 3.10. The monoisotopic (exact) mass is 363 g/mol. The standard InChI is InChI=1S/C21H21N3O3/c1-15-19(8-5-9-20(15)24(26)27)22-21(25)14-23(2)13-16-10-11-17-6-3-4-7-18(17)12-16/h3-12H,13-14H2,1-2H3,(H,22,25). The summed E-state index contributed by atoms with van der Waals surface area (Å²) in [7, 11) is 1.87. The lowest BCUT2D eigenvalue weighted by molar-refractivity contribution is -0.385. The summed E-state index contributed by atoms with van der Waals surface area (Å²) in [5, 5.41) is 16.1. The van der Waals surface area contributed by atoms with E-state index in [4.69, 9.17) is 0 Å². The van der Waals surface area contributed by atoms with Gasteiger partial charge in [0.05, 0.1) is 22.7 Å². The van der Waals surface area contributed by atoms with Gasteiger partial charge >= 0.3 is 0 Å². The van der Waals surface area contributed by atoms with Gasteiger partial charge in [-0.3, -0.25) is 19.8 Å². The number of fused-ring (bicyclic) bond motifs is 1. The molecule has 0 unspecified atom stereocenters. The van der Waals surface area contributed by atoms with Gasteiger partial charge in [-0.15, -0.1) is 0 Å². The van der Waals surface area contributed by atoms with Crippen LogP contribution in [0.3, 0.4) is 0 Å². The van der Waals surface area contributed by atoms with Gasteiger partial charge in [0.15, 0.2) is 0 Å². The molecule has 0 saturated heterocycles. The van der Waals surface area contributed by atoms with E-state index in [9.17, 15) is 14.9 Å². The Morgan fingerprint density at radius 1 is 1.07 bits per heavy atom. The van der Waals surface area contributed by atoms with Crippen LogP contribution in [-0.4, -0.2) is 29.3 Å². The summed E-state index contributed by atoms with van der Waals surface area (Å²) in [5.74, 6) is -0.207. The van der Waals surface area contributed by atoms with Crippen LogP contribution in [0.15, 0.2) is 60.7 Å². The molecule has 27 heavy (non-hydrogen) atoms. The maximum atomic E-state index is 12.3. The van der Waals surface area contributed by atoms with E-state index in [0.717, 1.165) is 5.56 Å². The smallest absolute Gasteiger partial charge is 0.274 e. The zero-order valence-electron chi connectivity index (χ0n) is 15.3. The van der Waals surface area contributed by atoms with Crippen molar-refractivity contribution in [1.82, 2.24) is 4.90 Å². The average Bonchev–Trinajstić information content (AvgIpc) is 2.63. The number of nitro groups is 1. The average molecular weight is 363 g/mol. The number of amides is 1. The summed E-state index contributed by atoms with van der Waals surface area (Å²) in [5.41, 5.74) is 2.04. The first-order valence-electron chi connectivity index (χ1n) is 8.64. The predicted molar refractivity (Wildman–Crippen MR) is 107 cm³/mol. The van der Waals surface area contributed by atoms with E-state index in [-0.39, 0.29) is 18.1 Å². The summed E-state index contributed by atoms with van der Waals surface area (Å²) >= 11 is 0. The Balaban J connectivity index is 1.63. The third kappa shape index (κ3) is 4.48. The summed E-state index contributed by atoms with van der Waals surface area (Å²) in [6.07, 6.45) is 0. The fraction of sp³-hybridized carbons (Fsp3) is 0.190. The first-order valence-corrected chi connectivity index (χ1v) is 8.64. The predicted octanol–water partition coefficient (Wildman–Crippen LogP) is 4.13. The Kier molecular flexibility index (Phi) is 5.47. The molecule has 0 aromatic heterocycles. The van der Waals surface area contributed by atoms with Gasteiger partial charge in [0.2, 0.25) is 5.91 Å². The highest BCUT2D eigenvalue weighted by atomic mass is 16.6. The molecule has 1 N–H and O–H groups in total. The van der Waals surface area contributed by atoms with Crippen LogP contribution in [-0.2, 0) is 11.3 Å². The van der Waals surface area contributed by atoms with Crippen LogP contribution in [0.2, 0.25) is 0 Å². The second kappa shape index (κ2) is 7.97. The molecule has 0 spiro atoms. The third-order valence-electron chi connectivity index (χ3n) is 4.46. The van der Waals surface area contributed by atoms with Gasteiger partial charge in [0.1, 0.15) is 0 Å². The number of likely N-dealkylation sites (N-methyl/N-ethyl adjacent to an activating group) is 1. The molecule has 3 rings (SSSR count). The number of hydrogen-bond acceptors (Lipinski definition) is 4. The molecule has 0 saturated carbocycles. The van der Waals surface area contributed by atoms with Crippen molar-refractivity contribution in [2.45, 2.75) is 13.5 Å². The number of rotatable bonds is 6. The summed E-state index contributed by atoms with van der Waals surface area (Å²) in [6.45, 7) is 2.45. The number of nitrogens with zero attached hydrogens (tertiary/aromatic N) is 2. The zero-order valence-corrected chi connectivity index (χ0v) is 15.3. The highest BCUT2D eigenvalue weighted by Crippen LogP contribution is 2.25. The van der Waals surface area contributed by atoms with Crippen LogP contribution in [0.5, 0.6) is 0 Å². The molecule has 6 nitrogen and oxygen atoms in total. The van der Waals surface area contributed by atoms with E-state index in [2.05, 4.69) is 35.6 Å². The molecular weight excluding hydrogens is 342 g/mol. The van der Waals surface area contributed by atoms with Crippen molar-refractivity contribution in [3.05, 3.63) is 81.9 Å². The first-order chi connectivity index (χ1) is 12.9. The van der Waals surface area contributed by atoms with E-state index in [0.29, 0.717) is 17.8 Å². The van der Waals surface area contributed by atoms with Gasteiger partial charge in [-0.1, -0.05) is 42.5 Å².